The number of nitrogens with zero attached hydrogens (tertiary/aromatic N) is 1. The zero-order valence-electron chi connectivity index (χ0n) is 13.3. The van der Waals surface area contributed by atoms with Crippen molar-refractivity contribution in [3.05, 3.63) is 0 Å². The molecule has 0 unspecified atom stereocenters. The van der Waals surface area contributed by atoms with E-state index in [0.717, 1.165) is 13.1 Å². The van der Waals surface area contributed by atoms with Crippen molar-refractivity contribution in [3.63, 3.8) is 0 Å². The van der Waals surface area contributed by atoms with E-state index in [1.54, 1.807) is 13.8 Å². The monoisotopic (exact) mass is 318 g/mol. The standard InChI is InChI=1S/C14H26N2O4S/c1-10(2)13(17)12-8-16(9-12)6-5-7-21(19,20)15-14(18)11(3)4/h10-12H,5-9H2,1-4H3,(H,15,18). The molecule has 0 spiro atoms. The van der Waals surface area contributed by atoms with Crippen LogP contribution in [0.3, 0.4) is 0 Å². The molecule has 1 fully saturated rings. The molecule has 1 amide bonds. The maximum Gasteiger partial charge on any atom is 0.235 e. The van der Waals surface area contributed by atoms with Crippen LogP contribution in [0, 0.1) is 17.8 Å². The third-order valence-corrected chi connectivity index (χ3v) is 4.93. The third-order valence-electron chi connectivity index (χ3n) is 3.60. The lowest BCUT2D eigenvalue weighted by atomic mass is 9.89. The Morgan fingerprint density at radius 1 is 1.14 bits per heavy atom. The molecule has 0 aromatic carbocycles. The predicted molar refractivity (Wildman–Crippen MR) is 81.2 cm³/mol. The summed E-state index contributed by atoms with van der Waals surface area (Å²) in [7, 11) is -3.54. The van der Waals surface area contributed by atoms with Gasteiger partial charge in [0.1, 0.15) is 5.78 Å². The van der Waals surface area contributed by atoms with Crippen molar-refractivity contribution in [3.8, 4) is 0 Å². The van der Waals surface area contributed by atoms with Gasteiger partial charge in [-0.3, -0.25) is 14.3 Å². The van der Waals surface area contributed by atoms with Crippen molar-refractivity contribution < 1.29 is 18.0 Å². The minimum absolute atomic E-state index is 0.0590. The molecular weight excluding hydrogens is 292 g/mol. The first kappa shape index (κ1) is 18.1. The molecule has 1 heterocycles. The number of sulfonamides is 1. The van der Waals surface area contributed by atoms with E-state index in [0.29, 0.717) is 13.0 Å². The number of likely N-dealkylation sites (tertiary alicyclic amines) is 1. The highest BCUT2D eigenvalue weighted by Gasteiger charge is 2.33. The summed E-state index contributed by atoms with van der Waals surface area (Å²) < 4.78 is 25.4. The summed E-state index contributed by atoms with van der Waals surface area (Å²) in [5, 5.41) is 0. The Kier molecular flexibility index (Phi) is 6.34. The molecule has 0 aromatic rings. The molecule has 1 rings (SSSR count). The van der Waals surface area contributed by atoms with Crippen molar-refractivity contribution in [2.45, 2.75) is 34.1 Å². The largest absolute Gasteiger partial charge is 0.302 e. The van der Waals surface area contributed by atoms with Crippen molar-refractivity contribution in [1.82, 2.24) is 9.62 Å². The summed E-state index contributed by atoms with van der Waals surface area (Å²) in [5.74, 6) is -0.446. The van der Waals surface area contributed by atoms with Gasteiger partial charge in [-0.15, -0.1) is 0 Å². The van der Waals surface area contributed by atoms with Gasteiger partial charge in [0.15, 0.2) is 0 Å². The second-order valence-corrected chi connectivity index (χ2v) is 8.15. The number of carbonyl (C=O) groups excluding carboxylic acids is 2. The Balaban J connectivity index is 2.24. The van der Waals surface area contributed by atoms with Crippen LogP contribution in [0.25, 0.3) is 0 Å². The third kappa shape index (κ3) is 5.74. The molecule has 0 radical (unpaired) electrons. The molecule has 1 aliphatic rings. The van der Waals surface area contributed by atoms with Gasteiger partial charge in [0.2, 0.25) is 15.9 Å². The van der Waals surface area contributed by atoms with Crippen molar-refractivity contribution >= 4 is 21.7 Å². The highest BCUT2D eigenvalue weighted by molar-refractivity contribution is 7.90. The van der Waals surface area contributed by atoms with Gasteiger partial charge in [0, 0.05) is 30.8 Å². The van der Waals surface area contributed by atoms with E-state index in [9.17, 15) is 18.0 Å². The van der Waals surface area contributed by atoms with Crippen molar-refractivity contribution in [2.75, 3.05) is 25.4 Å². The van der Waals surface area contributed by atoms with Crippen LogP contribution < -0.4 is 4.72 Å². The number of ketones is 1. The fourth-order valence-corrected chi connectivity index (χ4v) is 3.36. The van der Waals surface area contributed by atoms with E-state index < -0.39 is 15.9 Å². The van der Waals surface area contributed by atoms with Gasteiger partial charge in [0.05, 0.1) is 5.75 Å². The van der Waals surface area contributed by atoms with Crippen LogP contribution >= 0.6 is 0 Å². The maximum absolute atomic E-state index is 11.7. The van der Waals surface area contributed by atoms with Gasteiger partial charge in [-0.2, -0.15) is 0 Å². The minimum Gasteiger partial charge on any atom is -0.302 e. The van der Waals surface area contributed by atoms with Gasteiger partial charge in [0.25, 0.3) is 0 Å². The zero-order valence-corrected chi connectivity index (χ0v) is 14.1. The van der Waals surface area contributed by atoms with Crippen LogP contribution in [0.2, 0.25) is 0 Å². The van der Waals surface area contributed by atoms with Gasteiger partial charge < -0.3 is 4.90 Å². The Morgan fingerprint density at radius 3 is 2.19 bits per heavy atom. The van der Waals surface area contributed by atoms with Crippen LogP contribution in [0.1, 0.15) is 34.1 Å². The molecule has 0 atom stereocenters. The van der Waals surface area contributed by atoms with Gasteiger partial charge in [-0.05, 0) is 13.0 Å². The first-order valence-electron chi connectivity index (χ1n) is 7.42. The maximum atomic E-state index is 11.7. The molecule has 0 saturated carbocycles. The Labute approximate surface area is 127 Å². The number of nitrogens with one attached hydrogen (secondary N) is 1. The molecular formula is C14H26N2O4S. The zero-order chi connectivity index (χ0) is 16.2. The van der Waals surface area contributed by atoms with Crippen LogP contribution in [0.5, 0.6) is 0 Å². The molecule has 0 aliphatic carbocycles. The molecule has 1 N–H and O–H groups in total. The fourth-order valence-electron chi connectivity index (χ4n) is 2.20. The van der Waals surface area contributed by atoms with Crippen LogP contribution in [-0.2, 0) is 19.6 Å². The second-order valence-electron chi connectivity index (χ2n) is 6.31. The van der Waals surface area contributed by atoms with E-state index in [2.05, 4.69) is 9.62 Å². The lowest BCUT2D eigenvalue weighted by Gasteiger charge is -2.39. The average molecular weight is 318 g/mol. The lowest BCUT2D eigenvalue weighted by molar-refractivity contribution is -0.131. The quantitative estimate of drug-likeness (QED) is 0.710. The van der Waals surface area contributed by atoms with Gasteiger partial charge in [-0.1, -0.05) is 27.7 Å². The van der Waals surface area contributed by atoms with E-state index in [1.807, 2.05) is 13.8 Å². The fraction of sp³-hybridized carbons (Fsp3) is 0.857. The van der Waals surface area contributed by atoms with E-state index >= 15 is 0 Å². The molecule has 0 aromatic heterocycles. The molecule has 0 bridgehead atoms. The second kappa shape index (κ2) is 7.35. The SMILES string of the molecule is CC(C)C(=O)NS(=O)(=O)CCCN1CC(C(=O)C(C)C)C1. The topological polar surface area (TPSA) is 83.6 Å². The molecule has 7 heteroatoms. The number of amides is 1. The highest BCUT2D eigenvalue weighted by Crippen LogP contribution is 2.20. The molecule has 1 aliphatic heterocycles. The van der Waals surface area contributed by atoms with Crippen LogP contribution in [0.4, 0.5) is 0 Å². The summed E-state index contributed by atoms with van der Waals surface area (Å²) in [6, 6.07) is 0. The number of carbonyl (C=O) groups is 2. The summed E-state index contributed by atoms with van der Waals surface area (Å²) in [6.45, 7) is 9.17. The summed E-state index contributed by atoms with van der Waals surface area (Å²) in [5.41, 5.74) is 0. The first-order chi connectivity index (χ1) is 9.62. The summed E-state index contributed by atoms with van der Waals surface area (Å²) in [6.07, 6.45) is 0.462. The average Bonchev–Trinajstić information content (AvgIpc) is 2.30. The summed E-state index contributed by atoms with van der Waals surface area (Å²) in [4.78, 5) is 25.2. The Bertz CT molecular complexity index is 479. The lowest BCUT2D eigenvalue weighted by Crippen LogP contribution is -2.51. The minimum atomic E-state index is -3.54. The first-order valence-corrected chi connectivity index (χ1v) is 9.08. The van der Waals surface area contributed by atoms with Crippen LogP contribution in [0.15, 0.2) is 0 Å². The normalized spacial score (nSPS) is 17.0. The molecule has 21 heavy (non-hydrogen) atoms. The van der Waals surface area contributed by atoms with E-state index in [1.165, 1.54) is 0 Å². The summed E-state index contributed by atoms with van der Waals surface area (Å²) >= 11 is 0. The number of Topliss-reactive ketones (excluding diaryl/α,β-unsaturated/α-hetero) is 1. The number of hydrogen-bond acceptors (Lipinski definition) is 5. The number of hydrogen-bond donors (Lipinski definition) is 1. The molecule has 1 saturated heterocycles. The van der Waals surface area contributed by atoms with Gasteiger partial charge >= 0.3 is 0 Å². The van der Waals surface area contributed by atoms with E-state index in [4.69, 9.17) is 0 Å². The van der Waals surface area contributed by atoms with Crippen LogP contribution in [-0.4, -0.2) is 50.4 Å². The molecule has 6 nitrogen and oxygen atoms in total. The highest BCUT2D eigenvalue weighted by atomic mass is 32.2. The van der Waals surface area contributed by atoms with E-state index in [-0.39, 0.29) is 29.3 Å². The Morgan fingerprint density at radius 2 is 1.71 bits per heavy atom. The predicted octanol–water partition coefficient (Wildman–Crippen LogP) is 0.635. The van der Waals surface area contributed by atoms with Crippen molar-refractivity contribution in [2.24, 2.45) is 17.8 Å². The Hall–Kier alpha value is -0.950. The van der Waals surface area contributed by atoms with Crippen molar-refractivity contribution in [1.29, 1.82) is 0 Å². The molecule has 122 valence electrons. The van der Waals surface area contributed by atoms with Gasteiger partial charge in [-0.25, -0.2) is 8.42 Å². The number of rotatable bonds is 8. The smallest absolute Gasteiger partial charge is 0.235 e.